The van der Waals surface area contributed by atoms with Crippen molar-refractivity contribution in [1.29, 1.82) is 0 Å². The van der Waals surface area contributed by atoms with E-state index in [1.165, 1.54) is 35.6 Å². The lowest BCUT2D eigenvalue weighted by atomic mass is 10.1. The van der Waals surface area contributed by atoms with Gasteiger partial charge in [-0.1, -0.05) is 42.1 Å². The molecule has 0 bridgehead atoms. The predicted molar refractivity (Wildman–Crippen MR) is 102 cm³/mol. The van der Waals surface area contributed by atoms with Gasteiger partial charge in [-0.2, -0.15) is 13.2 Å². The van der Waals surface area contributed by atoms with Crippen molar-refractivity contribution in [3.05, 3.63) is 62.5 Å². The molecule has 0 radical (unpaired) electrons. The van der Waals surface area contributed by atoms with Crippen LogP contribution in [0.2, 0.25) is 0 Å². The van der Waals surface area contributed by atoms with Crippen molar-refractivity contribution in [1.82, 2.24) is 15.3 Å². The van der Waals surface area contributed by atoms with Crippen molar-refractivity contribution >= 4 is 39.2 Å². The van der Waals surface area contributed by atoms with E-state index in [0.717, 1.165) is 10.4 Å². The number of halogens is 3. The maximum absolute atomic E-state index is 14.0. The molecule has 2 N–H and O–H groups in total. The molecule has 1 amide bonds. The Hall–Kier alpha value is -2.33. The molecule has 10 heteroatoms. The first-order valence-electron chi connectivity index (χ1n) is 8.26. The molecule has 28 heavy (non-hydrogen) atoms. The zero-order valence-corrected chi connectivity index (χ0v) is 16.3. The number of thioether (sulfide) groups is 1. The van der Waals surface area contributed by atoms with Crippen LogP contribution in [0.1, 0.15) is 27.1 Å². The molecule has 1 saturated heterocycles. The minimum atomic E-state index is -4.75. The van der Waals surface area contributed by atoms with E-state index in [1.807, 2.05) is 6.92 Å². The molecule has 1 aromatic carbocycles. The van der Waals surface area contributed by atoms with Crippen LogP contribution >= 0.6 is 23.1 Å². The number of hydrogen-bond donors (Lipinski definition) is 2. The molecule has 0 aliphatic carbocycles. The minimum absolute atomic E-state index is 0.0803. The second-order valence-electron chi connectivity index (χ2n) is 6.45. The van der Waals surface area contributed by atoms with Crippen LogP contribution in [0.3, 0.4) is 0 Å². The summed E-state index contributed by atoms with van der Waals surface area (Å²) in [5, 5.41) is 1.21. The number of aromatic amines is 1. The Labute approximate surface area is 165 Å². The van der Waals surface area contributed by atoms with Crippen molar-refractivity contribution in [2.24, 2.45) is 0 Å². The third-order valence-electron chi connectivity index (χ3n) is 4.72. The van der Waals surface area contributed by atoms with Gasteiger partial charge in [0, 0.05) is 4.88 Å². The SMILES string of the molecule is Cc1sc2nc(C3SC(c4ccccc4)(C(F)(F)F)NC3=O)[nH]c(=O)c2c1C. The van der Waals surface area contributed by atoms with E-state index in [4.69, 9.17) is 0 Å². The standard InChI is InChI=1S/C18H14F3N3O2S2/c1-8-9(2)27-16-11(8)14(25)22-13(23-16)12-15(26)24-17(28-12,18(19,20)21)10-6-4-3-5-7-10/h3-7,12H,1-2H3,(H,24,26)(H,22,23,25). The third-order valence-corrected chi connectivity index (χ3v) is 7.41. The molecule has 3 heterocycles. The van der Waals surface area contributed by atoms with Gasteiger partial charge in [0.1, 0.15) is 15.9 Å². The van der Waals surface area contributed by atoms with E-state index in [9.17, 15) is 22.8 Å². The normalized spacial score (nSPS) is 22.6. The number of nitrogens with one attached hydrogen (secondary N) is 2. The Morgan fingerprint density at radius 2 is 1.82 bits per heavy atom. The van der Waals surface area contributed by atoms with Gasteiger partial charge in [-0.15, -0.1) is 11.3 Å². The summed E-state index contributed by atoms with van der Waals surface area (Å²) >= 11 is 1.67. The van der Waals surface area contributed by atoms with E-state index >= 15 is 0 Å². The number of alkyl halides is 3. The highest BCUT2D eigenvalue weighted by molar-refractivity contribution is 8.01. The molecule has 2 atom stereocenters. The lowest BCUT2D eigenvalue weighted by molar-refractivity contribution is -0.171. The number of aryl methyl sites for hydroxylation is 2. The highest BCUT2D eigenvalue weighted by atomic mass is 32.2. The molecule has 1 aliphatic rings. The van der Waals surface area contributed by atoms with Crippen LogP contribution in [-0.4, -0.2) is 22.1 Å². The van der Waals surface area contributed by atoms with Crippen LogP contribution in [0.5, 0.6) is 0 Å². The van der Waals surface area contributed by atoms with Gasteiger partial charge in [-0.3, -0.25) is 9.59 Å². The number of carbonyl (C=O) groups excluding carboxylic acids is 1. The second kappa shape index (κ2) is 6.35. The molecular weight excluding hydrogens is 411 g/mol. The lowest BCUT2D eigenvalue weighted by Crippen LogP contribution is -2.49. The third kappa shape index (κ3) is 2.74. The summed E-state index contributed by atoms with van der Waals surface area (Å²) in [5.41, 5.74) is 0.229. The summed E-state index contributed by atoms with van der Waals surface area (Å²) < 4.78 is 42.1. The maximum Gasteiger partial charge on any atom is 0.425 e. The van der Waals surface area contributed by atoms with Crippen molar-refractivity contribution in [2.75, 3.05) is 0 Å². The average molecular weight is 425 g/mol. The zero-order chi connectivity index (χ0) is 20.3. The summed E-state index contributed by atoms with van der Waals surface area (Å²) in [6, 6.07) is 7.18. The van der Waals surface area contributed by atoms with Crippen molar-refractivity contribution in [2.45, 2.75) is 30.1 Å². The predicted octanol–water partition coefficient (Wildman–Crippen LogP) is 3.92. The fourth-order valence-corrected chi connectivity index (χ4v) is 5.53. The minimum Gasteiger partial charge on any atom is -0.329 e. The van der Waals surface area contributed by atoms with Crippen LogP contribution in [0.4, 0.5) is 13.2 Å². The van der Waals surface area contributed by atoms with Gasteiger partial charge in [0.25, 0.3) is 5.56 Å². The smallest absolute Gasteiger partial charge is 0.329 e. The van der Waals surface area contributed by atoms with Crippen LogP contribution < -0.4 is 10.9 Å². The summed E-state index contributed by atoms with van der Waals surface area (Å²) in [6.07, 6.45) is -4.75. The Morgan fingerprint density at radius 1 is 1.14 bits per heavy atom. The van der Waals surface area contributed by atoms with E-state index in [0.29, 0.717) is 22.0 Å². The monoisotopic (exact) mass is 425 g/mol. The second-order valence-corrected chi connectivity index (χ2v) is 8.97. The summed E-state index contributed by atoms with van der Waals surface area (Å²) in [5.74, 6) is -0.929. The fourth-order valence-electron chi connectivity index (χ4n) is 3.19. The van der Waals surface area contributed by atoms with Crippen LogP contribution in [0, 0.1) is 13.8 Å². The van der Waals surface area contributed by atoms with Crippen LogP contribution in [0.15, 0.2) is 35.1 Å². The molecule has 3 aromatic rings. The molecule has 0 spiro atoms. The highest BCUT2D eigenvalue weighted by Crippen LogP contribution is 2.56. The number of benzene rings is 1. The first-order chi connectivity index (χ1) is 13.1. The number of H-pyrrole nitrogens is 1. The molecule has 146 valence electrons. The van der Waals surface area contributed by atoms with Crippen molar-refractivity contribution in [3.63, 3.8) is 0 Å². The zero-order valence-electron chi connectivity index (χ0n) is 14.7. The first-order valence-corrected chi connectivity index (χ1v) is 9.95. The Kier molecular flexibility index (Phi) is 4.31. The van der Waals surface area contributed by atoms with Gasteiger partial charge in [0.2, 0.25) is 10.8 Å². The quantitative estimate of drug-likeness (QED) is 0.653. The summed E-state index contributed by atoms with van der Waals surface area (Å²) in [7, 11) is 0. The molecule has 1 fully saturated rings. The number of fused-ring (bicyclic) bond motifs is 1. The van der Waals surface area contributed by atoms with Crippen LogP contribution in [0.25, 0.3) is 10.2 Å². The number of carbonyl (C=O) groups is 1. The van der Waals surface area contributed by atoms with Gasteiger partial charge in [-0.05, 0) is 25.0 Å². The molecule has 4 rings (SSSR count). The molecule has 0 saturated carbocycles. The molecule has 1 aliphatic heterocycles. The summed E-state index contributed by atoms with van der Waals surface area (Å²) in [4.78, 5) is 30.5. The van der Waals surface area contributed by atoms with Crippen LogP contribution in [-0.2, 0) is 9.67 Å². The number of aromatic nitrogens is 2. The number of rotatable bonds is 2. The van der Waals surface area contributed by atoms with E-state index in [2.05, 4.69) is 15.3 Å². The number of hydrogen-bond acceptors (Lipinski definition) is 5. The molecule has 2 unspecified atom stereocenters. The molecular formula is C18H14F3N3O2S2. The van der Waals surface area contributed by atoms with Gasteiger partial charge in [0.15, 0.2) is 0 Å². The van der Waals surface area contributed by atoms with E-state index < -0.39 is 27.8 Å². The number of amides is 1. The van der Waals surface area contributed by atoms with Gasteiger partial charge in [0.05, 0.1) is 5.39 Å². The Morgan fingerprint density at radius 3 is 2.46 bits per heavy atom. The Bertz CT molecular complexity index is 1140. The van der Waals surface area contributed by atoms with Gasteiger partial charge >= 0.3 is 6.18 Å². The highest BCUT2D eigenvalue weighted by Gasteiger charge is 2.64. The lowest BCUT2D eigenvalue weighted by Gasteiger charge is -2.31. The van der Waals surface area contributed by atoms with E-state index in [-0.39, 0.29) is 11.4 Å². The molecule has 5 nitrogen and oxygen atoms in total. The van der Waals surface area contributed by atoms with Gasteiger partial charge in [-0.25, -0.2) is 4.98 Å². The maximum atomic E-state index is 14.0. The Balaban J connectivity index is 1.83. The van der Waals surface area contributed by atoms with Crippen molar-refractivity contribution in [3.8, 4) is 0 Å². The molecule has 2 aromatic heterocycles. The average Bonchev–Trinajstić information content (AvgIpc) is 3.13. The largest absolute Gasteiger partial charge is 0.425 e. The van der Waals surface area contributed by atoms with Crippen molar-refractivity contribution < 1.29 is 18.0 Å². The topological polar surface area (TPSA) is 74.8 Å². The number of thiophene rings is 1. The first kappa shape index (κ1) is 19.0. The summed E-state index contributed by atoms with van der Waals surface area (Å²) in [6.45, 7) is 3.62. The van der Waals surface area contributed by atoms with Gasteiger partial charge < -0.3 is 10.3 Å². The number of nitrogens with zero attached hydrogens (tertiary/aromatic N) is 1. The fraction of sp³-hybridized carbons (Fsp3) is 0.278. The van der Waals surface area contributed by atoms with E-state index in [1.54, 1.807) is 13.0 Å².